The molecular weight excluding hydrogens is 550 g/mol. The van der Waals surface area contributed by atoms with E-state index in [-0.39, 0.29) is 71.1 Å². The van der Waals surface area contributed by atoms with Crippen LogP contribution in [0.4, 0.5) is 17.6 Å². The maximum Gasteiger partial charge on any atom is 0.433 e. The summed E-state index contributed by atoms with van der Waals surface area (Å²) in [5.41, 5.74) is 4.64. The second-order valence-electron chi connectivity index (χ2n) is 11.3. The topological polar surface area (TPSA) is 109 Å². The summed E-state index contributed by atoms with van der Waals surface area (Å²) in [7, 11) is 0. The van der Waals surface area contributed by atoms with Crippen LogP contribution in [-0.2, 0) is 22.3 Å². The molecule has 2 aliphatic heterocycles. The molecule has 5 heterocycles. The third kappa shape index (κ3) is 4.00. The van der Waals surface area contributed by atoms with Gasteiger partial charge in [-0.2, -0.15) is 13.2 Å². The summed E-state index contributed by atoms with van der Waals surface area (Å²) in [6.07, 6.45) is -4.83. The van der Waals surface area contributed by atoms with Crippen molar-refractivity contribution >= 4 is 39.3 Å². The summed E-state index contributed by atoms with van der Waals surface area (Å²) in [5.74, 6) is -1.80. The average Bonchev–Trinajstić information content (AvgIpc) is 3.17. The number of pyridine rings is 2. The molecule has 3 amide bonds. The molecule has 0 spiro atoms. The van der Waals surface area contributed by atoms with Gasteiger partial charge < -0.3 is 10.6 Å². The Bertz CT molecular complexity index is 1570. The molecule has 6 rings (SSSR count). The molecule has 2 saturated heterocycles. The minimum Gasteiger partial charge on any atom is -0.334 e. The van der Waals surface area contributed by atoms with Gasteiger partial charge in [0.15, 0.2) is 0 Å². The number of nitrogens with zero attached hydrogens (tertiary/aromatic N) is 4. The first kappa shape index (κ1) is 26.8. The number of halogens is 4. The molecule has 1 aliphatic carbocycles. The minimum atomic E-state index is -4.78. The number of hydrogen-bond donors (Lipinski definition) is 1. The molecule has 210 valence electrons. The van der Waals surface area contributed by atoms with Crippen molar-refractivity contribution in [3.8, 4) is 11.3 Å². The molecular formula is C27H25F4N5O3S. The van der Waals surface area contributed by atoms with E-state index in [4.69, 9.17) is 5.73 Å². The highest BCUT2D eigenvalue weighted by atomic mass is 32.1. The Kier molecular flexibility index (Phi) is 5.87. The lowest BCUT2D eigenvalue weighted by atomic mass is 9.99. The number of amides is 3. The van der Waals surface area contributed by atoms with Crippen molar-refractivity contribution in [1.29, 1.82) is 0 Å². The molecule has 3 fully saturated rings. The molecule has 0 bridgehead atoms. The standard InChI is InChI=1S/C27H25F4N5O3S/c1-11-6-17(27(29,30)31)34-21(18(11)23(37)35-9-14(28)15(32)10-35)13-4-5-33-16-7-12(40-22(13)16)8-36-24(38)19-20(25(36)39)26(19,2)3/h4-7,14-15,19-20H,8-10,32H2,1-3H3/t14-,15-,19?,20?/m0/s1. The van der Waals surface area contributed by atoms with Crippen molar-refractivity contribution in [1.82, 2.24) is 19.8 Å². The van der Waals surface area contributed by atoms with Crippen LogP contribution in [-0.4, -0.2) is 62.8 Å². The van der Waals surface area contributed by atoms with Crippen molar-refractivity contribution < 1.29 is 31.9 Å². The van der Waals surface area contributed by atoms with Gasteiger partial charge in [0.1, 0.15) is 11.9 Å². The van der Waals surface area contributed by atoms with Gasteiger partial charge >= 0.3 is 6.18 Å². The van der Waals surface area contributed by atoms with Crippen molar-refractivity contribution in [2.75, 3.05) is 13.1 Å². The summed E-state index contributed by atoms with van der Waals surface area (Å²) in [4.78, 5) is 50.4. The molecule has 2 unspecified atom stereocenters. The monoisotopic (exact) mass is 575 g/mol. The molecule has 4 atom stereocenters. The van der Waals surface area contributed by atoms with Gasteiger partial charge in [0.05, 0.1) is 52.4 Å². The van der Waals surface area contributed by atoms with Gasteiger partial charge in [0.2, 0.25) is 11.8 Å². The lowest BCUT2D eigenvalue weighted by Crippen LogP contribution is -2.35. The molecule has 13 heteroatoms. The van der Waals surface area contributed by atoms with Crippen LogP contribution in [0.2, 0.25) is 0 Å². The Labute approximate surface area is 230 Å². The van der Waals surface area contributed by atoms with E-state index in [0.717, 1.165) is 17.4 Å². The lowest BCUT2D eigenvalue weighted by Gasteiger charge is -2.21. The van der Waals surface area contributed by atoms with Crippen molar-refractivity contribution in [3.05, 3.63) is 46.1 Å². The Morgan fingerprint density at radius 3 is 2.45 bits per heavy atom. The second-order valence-corrected chi connectivity index (χ2v) is 12.4. The largest absolute Gasteiger partial charge is 0.433 e. The zero-order chi connectivity index (χ0) is 28.9. The summed E-state index contributed by atoms with van der Waals surface area (Å²) < 4.78 is 56.0. The summed E-state index contributed by atoms with van der Waals surface area (Å²) in [6.45, 7) is 4.82. The van der Waals surface area contributed by atoms with Crippen LogP contribution in [0.5, 0.6) is 0 Å². The fraction of sp³-hybridized carbons (Fsp3) is 0.444. The first-order valence-corrected chi connectivity index (χ1v) is 13.5. The van der Waals surface area contributed by atoms with Crippen LogP contribution >= 0.6 is 11.3 Å². The number of carbonyl (C=O) groups excluding carboxylic acids is 3. The highest BCUT2D eigenvalue weighted by Gasteiger charge is 2.72. The van der Waals surface area contributed by atoms with E-state index in [0.29, 0.717) is 15.1 Å². The number of fused-ring (bicyclic) bond motifs is 2. The molecule has 0 radical (unpaired) electrons. The summed E-state index contributed by atoms with van der Waals surface area (Å²) >= 11 is 1.16. The van der Waals surface area contributed by atoms with E-state index >= 15 is 0 Å². The highest BCUT2D eigenvalue weighted by Crippen LogP contribution is 2.63. The van der Waals surface area contributed by atoms with Crippen molar-refractivity contribution in [2.24, 2.45) is 23.0 Å². The number of hydrogen-bond acceptors (Lipinski definition) is 7. The van der Waals surface area contributed by atoms with E-state index in [1.54, 1.807) is 6.07 Å². The van der Waals surface area contributed by atoms with Crippen LogP contribution in [0.3, 0.4) is 0 Å². The SMILES string of the molecule is Cc1cc(C(F)(F)F)nc(-c2ccnc3cc(CN4C(=O)C5C(C4=O)C5(C)C)sc23)c1C(=O)N1C[C@H](N)[C@@H](F)C1. The van der Waals surface area contributed by atoms with Crippen LogP contribution < -0.4 is 5.73 Å². The number of thiophene rings is 1. The molecule has 8 nitrogen and oxygen atoms in total. The van der Waals surface area contributed by atoms with E-state index in [9.17, 15) is 31.9 Å². The number of piperidine rings is 1. The average molecular weight is 576 g/mol. The normalized spacial score (nSPS) is 25.7. The van der Waals surface area contributed by atoms with Crippen LogP contribution in [0.1, 0.15) is 40.3 Å². The maximum atomic E-state index is 14.1. The Hall–Kier alpha value is -3.45. The smallest absolute Gasteiger partial charge is 0.334 e. The predicted molar refractivity (Wildman–Crippen MR) is 138 cm³/mol. The zero-order valence-electron chi connectivity index (χ0n) is 21.8. The minimum absolute atomic E-state index is 0.0194. The van der Waals surface area contributed by atoms with Crippen LogP contribution in [0.15, 0.2) is 24.4 Å². The molecule has 2 N–H and O–H groups in total. The van der Waals surface area contributed by atoms with Crippen molar-refractivity contribution in [2.45, 2.75) is 45.7 Å². The Balaban J connectivity index is 1.43. The van der Waals surface area contributed by atoms with Gasteiger partial charge in [-0.1, -0.05) is 13.8 Å². The zero-order valence-corrected chi connectivity index (χ0v) is 22.6. The summed E-state index contributed by atoms with van der Waals surface area (Å²) in [6, 6.07) is 3.05. The van der Waals surface area contributed by atoms with E-state index in [1.165, 1.54) is 29.0 Å². The van der Waals surface area contributed by atoms with Crippen LogP contribution in [0, 0.1) is 24.2 Å². The highest BCUT2D eigenvalue weighted by molar-refractivity contribution is 7.19. The molecule has 0 aromatic carbocycles. The van der Waals surface area contributed by atoms with E-state index < -0.39 is 30.0 Å². The van der Waals surface area contributed by atoms with Gasteiger partial charge in [0.25, 0.3) is 5.91 Å². The second kappa shape index (κ2) is 8.77. The number of alkyl halides is 4. The van der Waals surface area contributed by atoms with Gasteiger partial charge in [-0.3, -0.25) is 24.3 Å². The third-order valence-corrected chi connectivity index (χ3v) is 9.36. The maximum absolute atomic E-state index is 14.1. The number of carbonyl (C=O) groups is 3. The Morgan fingerprint density at radius 2 is 1.85 bits per heavy atom. The van der Waals surface area contributed by atoms with Gasteiger partial charge in [-0.25, -0.2) is 9.37 Å². The fourth-order valence-electron chi connectivity index (χ4n) is 5.96. The number of imide groups is 1. The molecule has 3 aliphatic rings. The van der Waals surface area contributed by atoms with E-state index in [1.807, 2.05) is 13.8 Å². The predicted octanol–water partition coefficient (Wildman–Crippen LogP) is 3.95. The first-order chi connectivity index (χ1) is 18.7. The number of aryl methyl sites for hydroxylation is 1. The van der Waals surface area contributed by atoms with E-state index in [2.05, 4.69) is 9.97 Å². The summed E-state index contributed by atoms with van der Waals surface area (Å²) in [5, 5.41) is 0. The fourth-order valence-corrected chi connectivity index (χ4v) is 7.08. The number of likely N-dealkylation sites (tertiary alicyclic amines) is 2. The molecule has 3 aromatic heterocycles. The van der Waals surface area contributed by atoms with Crippen LogP contribution in [0.25, 0.3) is 21.5 Å². The molecule has 1 saturated carbocycles. The number of nitrogens with two attached hydrogens (primary N) is 1. The Morgan fingerprint density at radius 1 is 1.18 bits per heavy atom. The third-order valence-electron chi connectivity index (χ3n) is 8.22. The van der Waals surface area contributed by atoms with Crippen molar-refractivity contribution in [3.63, 3.8) is 0 Å². The quantitative estimate of drug-likeness (QED) is 0.373. The lowest BCUT2D eigenvalue weighted by molar-refractivity contribution is -0.144. The first-order valence-electron chi connectivity index (χ1n) is 12.7. The van der Waals surface area contributed by atoms with Gasteiger partial charge in [-0.05, 0) is 36.1 Å². The van der Waals surface area contributed by atoms with Gasteiger partial charge in [0, 0.05) is 23.2 Å². The molecule has 40 heavy (non-hydrogen) atoms. The number of aromatic nitrogens is 2. The number of rotatable bonds is 4. The molecule has 3 aromatic rings. The van der Waals surface area contributed by atoms with Gasteiger partial charge in [-0.15, -0.1) is 11.3 Å².